The van der Waals surface area contributed by atoms with Gasteiger partial charge in [0.1, 0.15) is 24.0 Å². The molecule has 0 unspecified atom stereocenters. The van der Waals surface area contributed by atoms with E-state index in [0.29, 0.717) is 23.6 Å². The Morgan fingerprint density at radius 2 is 1.56 bits per heavy atom. The molecule has 0 fully saturated rings. The Bertz CT molecular complexity index is 1660. The summed E-state index contributed by atoms with van der Waals surface area (Å²) >= 11 is 0. The van der Waals surface area contributed by atoms with Gasteiger partial charge in [-0.05, 0) is 63.9 Å². The number of fused-ring (bicyclic) bond motifs is 2. The molecule has 5 rings (SSSR count). The normalized spacial score (nSPS) is 11.3. The fourth-order valence-electron chi connectivity index (χ4n) is 4.34. The Hall–Kier alpha value is -4.88. The third-order valence-electron chi connectivity index (χ3n) is 6.12. The van der Waals surface area contributed by atoms with Crippen LogP contribution in [0.5, 0.6) is 5.75 Å². The second-order valence-corrected chi connectivity index (χ2v) is 8.62. The molecule has 0 atom stereocenters. The minimum Gasteiger partial charge on any atom is -0.488 e. The van der Waals surface area contributed by atoms with Crippen LogP contribution >= 0.6 is 0 Å². The number of aryl methyl sites for hydroxylation is 1. The van der Waals surface area contributed by atoms with Crippen LogP contribution in [-0.2, 0) is 11.4 Å². The van der Waals surface area contributed by atoms with E-state index in [9.17, 15) is 10.1 Å². The summed E-state index contributed by atoms with van der Waals surface area (Å²) in [7, 11) is 0. The van der Waals surface area contributed by atoms with Gasteiger partial charge in [0, 0.05) is 11.3 Å². The molecule has 0 saturated carbocycles. The Balaban J connectivity index is 1.52. The largest absolute Gasteiger partial charge is 0.488 e. The first kappa shape index (κ1) is 22.9. The molecule has 4 nitrogen and oxygen atoms in total. The van der Waals surface area contributed by atoms with Crippen molar-refractivity contribution in [2.45, 2.75) is 13.5 Å². The van der Waals surface area contributed by atoms with Gasteiger partial charge in [-0.25, -0.2) is 0 Å². The smallest absolute Gasteiger partial charge is 0.266 e. The van der Waals surface area contributed by atoms with Crippen LogP contribution in [0.25, 0.3) is 27.6 Å². The SMILES string of the molecule is Cc1cccc(NC(=O)/C(C#N)=C/c2c(OCc3cccc4ccccc34)ccc3ccccc23)c1. The Kier molecular flexibility index (Phi) is 6.46. The van der Waals surface area contributed by atoms with Gasteiger partial charge in [0.05, 0.1) is 0 Å². The van der Waals surface area contributed by atoms with Crippen LogP contribution in [0.3, 0.4) is 0 Å². The van der Waals surface area contributed by atoms with Crippen LogP contribution in [0.2, 0.25) is 0 Å². The van der Waals surface area contributed by atoms with Crippen molar-refractivity contribution in [1.82, 2.24) is 0 Å². The zero-order valence-corrected chi connectivity index (χ0v) is 19.9. The number of anilines is 1. The summed E-state index contributed by atoms with van der Waals surface area (Å²) in [6.07, 6.45) is 1.62. The summed E-state index contributed by atoms with van der Waals surface area (Å²) in [5.74, 6) is 0.147. The summed E-state index contributed by atoms with van der Waals surface area (Å²) in [6, 6.07) is 35.7. The van der Waals surface area contributed by atoms with Crippen molar-refractivity contribution >= 4 is 39.2 Å². The highest BCUT2D eigenvalue weighted by molar-refractivity contribution is 6.11. The molecule has 0 aromatic heterocycles. The topological polar surface area (TPSA) is 62.1 Å². The van der Waals surface area contributed by atoms with Crippen LogP contribution in [0.15, 0.2) is 109 Å². The minimum absolute atomic E-state index is 0.00266. The maximum absolute atomic E-state index is 13.0. The molecule has 0 aliphatic carbocycles. The Morgan fingerprint density at radius 1 is 0.861 bits per heavy atom. The van der Waals surface area contributed by atoms with E-state index in [1.165, 1.54) is 0 Å². The average molecular weight is 469 g/mol. The molecule has 0 saturated heterocycles. The fraction of sp³-hybridized carbons (Fsp3) is 0.0625. The van der Waals surface area contributed by atoms with Crippen molar-refractivity contribution < 1.29 is 9.53 Å². The zero-order chi connectivity index (χ0) is 24.9. The van der Waals surface area contributed by atoms with E-state index in [2.05, 4.69) is 35.7 Å². The molecule has 36 heavy (non-hydrogen) atoms. The third-order valence-corrected chi connectivity index (χ3v) is 6.12. The van der Waals surface area contributed by atoms with E-state index in [1.54, 1.807) is 12.1 Å². The lowest BCUT2D eigenvalue weighted by Crippen LogP contribution is -2.13. The van der Waals surface area contributed by atoms with Gasteiger partial charge in [0.2, 0.25) is 0 Å². The number of nitriles is 1. The summed E-state index contributed by atoms with van der Waals surface area (Å²) in [4.78, 5) is 13.0. The van der Waals surface area contributed by atoms with E-state index in [-0.39, 0.29) is 5.57 Å². The molecule has 5 aromatic rings. The van der Waals surface area contributed by atoms with Gasteiger partial charge >= 0.3 is 0 Å². The van der Waals surface area contributed by atoms with Gasteiger partial charge < -0.3 is 10.1 Å². The van der Waals surface area contributed by atoms with Crippen LogP contribution < -0.4 is 10.1 Å². The van der Waals surface area contributed by atoms with Crippen LogP contribution in [0.4, 0.5) is 5.69 Å². The first-order valence-electron chi connectivity index (χ1n) is 11.7. The van der Waals surface area contributed by atoms with E-state index in [0.717, 1.165) is 32.7 Å². The predicted molar refractivity (Wildman–Crippen MR) is 146 cm³/mol. The number of carbonyl (C=O) groups excluding carboxylic acids is 1. The average Bonchev–Trinajstić information content (AvgIpc) is 2.90. The van der Waals surface area contributed by atoms with E-state index in [1.807, 2.05) is 79.7 Å². The van der Waals surface area contributed by atoms with Gasteiger partial charge in [0.15, 0.2) is 0 Å². The molecule has 1 N–H and O–H groups in total. The van der Waals surface area contributed by atoms with Crippen LogP contribution in [0, 0.1) is 18.3 Å². The molecule has 4 heteroatoms. The van der Waals surface area contributed by atoms with Crippen molar-refractivity contribution in [2.24, 2.45) is 0 Å². The van der Waals surface area contributed by atoms with Crippen LogP contribution in [-0.4, -0.2) is 5.91 Å². The van der Waals surface area contributed by atoms with Crippen molar-refractivity contribution in [3.63, 3.8) is 0 Å². The maximum Gasteiger partial charge on any atom is 0.266 e. The second-order valence-electron chi connectivity index (χ2n) is 8.62. The van der Waals surface area contributed by atoms with E-state index < -0.39 is 5.91 Å². The monoisotopic (exact) mass is 468 g/mol. The lowest BCUT2D eigenvalue weighted by Gasteiger charge is -2.14. The third kappa shape index (κ3) is 4.82. The molecule has 174 valence electrons. The highest BCUT2D eigenvalue weighted by atomic mass is 16.5. The number of benzene rings is 5. The number of hydrogen-bond acceptors (Lipinski definition) is 3. The van der Waals surface area contributed by atoms with E-state index >= 15 is 0 Å². The number of carbonyl (C=O) groups is 1. The zero-order valence-electron chi connectivity index (χ0n) is 19.9. The molecular weight excluding hydrogens is 444 g/mol. The Labute approximate surface area is 210 Å². The summed E-state index contributed by atoms with van der Waals surface area (Å²) < 4.78 is 6.31. The minimum atomic E-state index is -0.462. The fourth-order valence-corrected chi connectivity index (χ4v) is 4.34. The summed E-state index contributed by atoms with van der Waals surface area (Å²) in [5.41, 5.74) is 3.43. The molecule has 0 aliphatic rings. The van der Waals surface area contributed by atoms with Crippen LogP contribution in [0.1, 0.15) is 16.7 Å². The molecule has 5 aromatic carbocycles. The summed E-state index contributed by atoms with van der Waals surface area (Å²) in [5, 5.41) is 16.9. The number of nitrogens with zero attached hydrogens (tertiary/aromatic N) is 1. The molecule has 1 amide bonds. The maximum atomic E-state index is 13.0. The molecule has 0 spiro atoms. The molecule has 0 aliphatic heterocycles. The van der Waals surface area contributed by atoms with Crippen molar-refractivity contribution in [3.8, 4) is 11.8 Å². The first-order valence-corrected chi connectivity index (χ1v) is 11.7. The van der Waals surface area contributed by atoms with E-state index in [4.69, 9.17) is 4.74 Å². The van der Waals surface area contributed by atoms with Gasteiger partial charge in [0.25, 0.3) is 5.91 Å². The Morgan fingerprint density at radius 3 is 2.33 bits per heavy atom. The highest BCUT2D eigenvalue weighted by Crippen LogP contribution is 2.32. The number of amides is 1. The highest BCUT2D eigenvalue weighted by Gasteiger charge is 2.14. The second kappa shape index (κ2) is 10.2. The van der Waals surface area contributed by atoms with Crippen molar-refractivity contribution in [1.29, 1.82) is 5.26 Å². The standard InChI is InChI=1S/C32H24N2O2/c1-22-8-6-13-27(18-22)34-32(35)26(20-33)19-30-29-15-5-3-10-24(29)16-17-31(30)36-21-25-12-7-11-23-9-2-4-14-28(23)25/h2-19H,21H2,1H3,(H,34,35)/b26-19+. The molecule has 0 radical (unpaired) electrons. The van der Waals surface area contributed by atoms with Crippen molar-refractivity contribution in [2.75, 3.05) is 5.32 Å². The lowest BCUT2D eigenvalue weighted by molar-refractivity contribution is -0.112. The summed E-state index contributed by atoms with van der Waals surface area (Å²) in [6.45, 7) is 2.31. The first-order chi connectivity index (χ1) is 17.6. The lowest BCUT2D eigenvalue weighted by atomic mass is 10.0. The number of nitrogens with one attached hydrogen (secondary N) is 1. The molecule has 0 heterocycles. The number of ether oxygens (including phenoxy) is 1. The number of hydrogen-bond donors (Lipinski definition) is 1. The molecule has 0 bridgehead atoms. The van der Waals surface area contributed by atoms with Gasteiger partial charge in [-0.15, -0.1) is 0 Å². The van der Waals surface area contributed by atoms with Gasteiger partial charge in [-0.1, -0.05) is 84.9 Å². The van der Waals surface area contributed by atoms with Gasteiger partial charge in [-0.3, -0.25) is 4.79 Å². The van der Waals surface area contributed by atoms with Gasteiger partial charge in [-0.2, -0.15) is 5.26 Å². The van der Waals surface area contributed by atoms with Crippen molar-refractivity contribution in [3.05, 3.63) is 125 Å². The number of rotatable bonds is 6. The predicted octanol–water partition coefficient (Wildman–Crippen LogP) is 7.43. The quantitative estimate of drug-likeness (QED) is 0.208. The molecular formula is C32H24N2O2.